The molecule has 5 rings (SSSR count). The molecule has 1 unspecified atom stereocenters. The van der Waals surface area contributed by atoms with Gasteiger partial charge in [0.15, 0.2) is 0 Å². The normalized spacial score (nSPS) is 15.5. The molecule has 206 valence electrons. The van der Waals surface area contributed by atoms with Crippen molar-refractivity contribution in [3.05, 3.63) is 106 Å². The highest BCUT2D eigenvalue weighted by Crippen LogP contribution is 2.48. The van der Waals surface area contributed by atoms with Crippen molar-refractivity contribution in [3.8, 4) is 5.69 Å². The number of para-hydroxylation sites is 1. The number of hydrogen-bond donors (Lipinski definition) is 1. The summed E-state index contributed by atoms with van der Waals surface area (Å²) in [6.45, 7) is 5.72. The Kier molecular flexibility index (Phi) is 7.70. The van der Waals surface area contributed by atoms with E-state index in [1.54, 1.807) is 28.9 Å². The SMILES string of the molecule is CC(C)(C)c1nn(-c2ccccc2Cl)c2c1C(c1cccc(F)c1)SCC(=O)N2CC(=O)Nc1ccc(F)cc1. The summed E-state index contributed by atoms with van der Waals surface area (Å²) in [7, 11) is 0. The number of fused-ring (bicyclic) bond motifs is 1. The molecule has 10 heteroatoms. The van der Waals surface area contributed by atoms with Gasteiger partial charge in [-0.3, -0.25) is 14.5 Å². The molecular formula is C30H27ClF2N4O2S. The third-order valence-electron chi connectivity index (χ3n) is 6.46. The average Bonchev–Trinajstić information content (AvgIpc) is 3.23. The van der Waals surface area contributed by atoms with E-state index in [1.165, 1.54) is 53.1 Å². The van der Waals surface area contributed by atoms with Gasteiger partial charge >= 0.3 is 0 Å². The molecule has 1 aromatic heterocycles. The average molecular weight is 581 g/mol. The number of nitrogens with one attached hydrogen (secondary N) is 1. The molecule has 2 amide bonds. The summed E-state index contributed by atoms with van der Waals surface area (Å²) in [6.07, 6.45) is 0. The minimum atomic E-state index is -0.474. The van der Waals surface area contributed by atoms with E-state index < -0.39 is 22.4 Å². The number of halogens is 3. The predicted molar refractivity (Wildman–Crippen MR) is 155 cm³/mol. The van der Waals surface area contributed by atoms with E-state index in [1.807, 2.05) is 32.9 Å². The van der Waals surface area contributed by atoms with Crippen molar-refractivity contribution in [2.24, 2.45) is 0 Å². The molecular weight excluding hydrogens is 554 g/mol. The van der Waals surface area contributed by atoms with Crippen LogP contribution in [0.3, 0.4) is 0 Å². The van der Waals surface area contributed by atoms with Gasteiger partial charge in [0.2, 0.25) is 11.8 Å². The van der Waals surface area contributed by atoms with Crippen molar-refractivity contribution in [2.75, 3.05) is 22.5 Å². The number of nitrogens with zero attached hydrogens (tertiary/aromatic N) is 3. The molecule has 0 radical (unpaired) electrons. The lowest BCUT2D eigenvalue weighted by atomic mass is 9.87. The molecule has 1 atom stereocenters. The monoisotopic (exact) mass is 580 g/mol. The summed E-state index contributed by atoms with van der Waals surface area (Å²) in [6, 6.07) is 18.8. The van der Waals surface area contributed by atoms with Crippen LogP contribution in [0.15, 0.2) is 72.8 Å². The highest BCUT2D eigenvalue weighted by atomic mass is 35.5. The number of anilines is 2. The van der Waals surface area contributed by atoms with E-state index in [4.69, 9.17) is 16.7 Å². The molecule has 40 heavy (non-hydrogen) atoms. The highest BCUT2D eigenvalue weighted by Gasteiger charge is 2.40. The maximum atomic E-state index is 14.4. The van der Waals surface area contributed by atoms with Crippen LogP contribution in [-0.4, -0.2) is 33.9 Å². The number of rotatable bonds is 5. The first-order valence-corrected chi connectivity index (χ1v) is 14.1. The highest BCUT2D eigenvalue weighted by molar-refractivity contribution is 8.00. The Labute approximate surface area is 240 Å². The van der Waals surface area contributed by atoms with Gasteiger partial charge < -0.3 is 5.32 Å². The number of carbonyl (C=O) groups excluding carboxylic acids is 2. The minimum Gasteiger partial charge on any atom is -0.325 e. The van der Waals surface area contributed by atoms with Gasteiger partial charge in [-0.15, -0.1) is 11.8 Å². The van der Waals surface area contributed by atoms with Gasteiger partial charge in [0.1, 0.15) is 24.0 Å². The van der Waals surface area contributed by atoms with Crippen LogP contribution < -0.4 is 10.2 Å². The molecule has 1 aliphatic heterocycles. The van der Waals surface area contributed by atoms with Gasteiger partial charge in [0, 0.05) is 16.7 Å². The second-order valence-electron chi connectivity index (χ2n) is 10.5. The Morgan fingerprint density at radius 3 is 2.45 bits per heavy atom. The standard InChI is InChI=1S/C30H27ClF2N4O2S/c1-30(2,3)28-26-27(18-7-6-8-20(33)15-18)40-17-25(39)36(16-24(38)34-21-13-11-19(32)12-14-21)29(26)37(35-28)23-10-5-4-9-22(23)31/h4-15,27H,16-17H2,1-3H3,(H,34,38). The number of amides is 2. The Morgan fingerprint density at radius 1 is 1.05 bits per heavy atom. The molecule has 0 bridgehead atoms. The fourth-order valence-corrected chi connectivity index (χ4v) is 6.08. The molecule has 3 aromatic carbocycles. The topological polar surface area (TPSA) is 67.2 Å². The zero-order chi connectivity index (χ0) is 28.6. The van der Waals surface area contributed by atoms with Crippen molar-refractivity contribution in [1.82, 2.24) is 9.78 Å². The van der Waals surface area contributed by atoms with Crippen LogP contribution in [0.5, 0.6) is 0 Å². The van der Waals surface area contributed by atoms with E-state index in [2.05, 4.69) is 5.32 Å². The first kappa shape index (κ1) is 27.9. The maximum Gasteiger partial charge on any atom is 0.244 e. The first-order valence-electron chi connectivity index (χ1n) is 12.6. The third-order valence-corrected chi connectivity index (χ3v) is 8.04. The van der Waals surface area contributed by atoms with E-state index >= 15 is 0 Å². The summed E-state index contributed by atoms with van der Waals surface area (Å²) < 4.78 is 29.4. The Balaban J connectivity index is 1.71. The molecule has 0 spiro atoms. The largest absolute Gasteiger partial charge is 0.325 e. The van der Waals surface area contributed by atoms with Gasteiger partial charge in [-0.1, -0.05) is 56.6 Å². The van der Waals surface area contributed by atoms with Crippen molar-refractivity contribution >= 4 is 46.7 Å². The lowest BCUT2D eigenvalue weighted by Gasteiger charge is -2.24. The van der Waals surface area contributed by atoms with Crippen LogP contribution in [0.4, 0.5) is 20.3 Å². The molecule has 6 nitrogen and oxygen atoms in total. The minimum absolute atomic E-state index is 0.0474. The Hall–Kier alpha value is -3.69. The zero-order valence-electron chi connectivity index (χ0n) is 22.1. The van der Waals surface area contributed by atoms with Gasteiger partial charge in [0.25, 0.3) is 0 Å². The smallest absolute Gasteiger partial charge is 0.244 e. The van der Waals surface area contributed by atoms with Gasteiger partial charge in [-0.2, -0.15) is 5.10 Å². The molecule has 2 heterocycles. The summed E-state index contributed by atoms with van der Waals surface area (Å²) in [5, 5.41) is 7.69. The summed E-state index contributed by atoms with van der Waals surface area (Å²) in [5.41, 5.74) is 2.55. The van der Waals surface area contributed by atoms with E-state index in [0.29, 0.717) is 39.0 Å². The number of hydrogen-bond acceptors (Lipinski definition) is 4. The molecule has 0 aliphatic carbocycles. The number of thioether (sulfide) groups is 1. The van der Waals surface area contributed by atoms with Gasteiger partial charge in [-0.05, 0) is 54.1 Å². The zero-order valence-corrected chi connectivity index (χ0v) is 23.7. The second-order valence-corrected chi connectivity index (χ2v) is 12.0. The quantitative estimate of drug-likeness (QED) is 0.279. The molecule has 0 saturated heterocycles. The number of carbonyl (C=O) groups is 2. The van der Waals surface area contributed by atoms with Crippen molar-refractivity contribution in [2.45, 2.75) is 31.4 Å². The number of aromatic nitrogens is 2. The fourth-order valence-electron chi connectivity index (χ4n) is 4.67. The molecule has 1 N–H and O–H groups in total. The number of benzene rings is 3. The Bertz CT molecular complexity index is 1580. The first-order chi connectivity index (χ1) is 19.0. The Morgan fingerprint density at radius 2 is 1.77 bits per heavy atom. The second kappa shape index (κ2) is 11.1. The summed E-state index contributed by atoms with van der Waals surface area (Å²) in [4.78, 5) is 28.4. The lowest BCUT2D eigenvalue weighted by Crippen LogP contribution is -2.40. The lowest BCUT2D eigenvalue weighted by molar-refractivity contribution is -0.120. The van der Waals surface area contributed by atoms with Gasteiger partial charge in [-0.25, -0.2) is 13.5 Å². The van der Waals surface area contributed by atoms with E-state index in [-0.39, 0.29) is 24.0 Å². The summed E-state index contributed by atoms with van der Waals surface area (Å²) >= 11 is 7.98. The maximum absolute atomic E-state index is 14.4. The van der Waals surface area contributed by atoms with Gasteiger partial charge in [0.05, 0.1) is 27.4 Å². The van der Waals surface area contributed by atoms with Crippen molar-refractivity contribution in [3.63, 3.8) is 0 Å². The van der Waals surface area contributed by atoms with Crippen LogP contribution >= 0.6 is 23.4 Å². The van der Waals surface area contributed by atoms with E-state index in [0.717, 1.165) is 0 Å². The van der Waals surface area contributed by atoms with Crippen LogP contribution in [0.2, 0.25) is 5.02 Å². The summed E-state index contributed by atoms with van der Waals surface area (Å²) in [5.74, 6) is -1.15. The molecule has 1 aliphatic rings. The molecule has 4 aromatic rings. The molecule has 0 fully saturated rings. The van der Waals surface area contributed by atoms with Crippen molar-refractivity contribution in [1.29, 1.82) is 0 Å². The third kappa shape index (κ3) is 5.62. The molecule has 0 saturated carbocycles. The van der Waals surface area contributed by atoms with Crippen LogP contribution in [0.1, 0.15) is 42.8 Å². The van der Waals surface area contributed by atoms with E-state index in [9.17, 15) is 18.4 Å². The van der Waals surface area contributed by atoms with Crippen LogP contribution in [0, 0.1) is 11.6 Å². The predicted octanol–water partition coefficient (Wildman–Crippen LogP) is 6.91. The van der Waals surface area contributed by atoms with Crippen LogP contribution in [0.25, 0.3) is 5.69 Å². The van der Waals surface area contributed by atoms with Crippen molar-refractivity contribution < 1.29 is 18.4 Å². The van der Waals surface area contributed by atoms with Crippen LogP contribution in [-0.2, 0) is 15.0 Å². The fraction of sp³-hybridized carbons (Fsp3) is 0.233.